The summed E-state index contributed by atoms with van der Waals surface area (Å²) in [5, 5.41) is 7.06. The average Bonchev–Trinajstić information content (AvgIpc) is 3.50. The third kappa shape index (κ3) is 4.50. The van der Waals surface area contributed by atoms with Gasteiger partial charge in [0.1, 0.15) is 11.2 Å². The number of benzene rings is 7. The van der Waals surface area contributed by atoms with E-state index in [1.165, 1.54) is 0 Å². The molecule has 0 bridgehead atoms. The lowest BCUT2D eigenvalue weighted by atomic mass is 10.0. The number of furan rings is 1. The lowest BCUT2D eigenvalue weighted by Crippen LogP contribution is -2.00. The van der Waals surface area contributed by atoms with Gasteiger partial charge in [0, 0.05) is 32.5 Å². The van der Waals surface area contributed by atoms with Gasteiger partial charge in [0.05, 0.1) is 0 Å². The summed E-state index contributed by atoms with van der Waals surface area (Å²) in [6.45, 7) is 0. The fourth-order valence-corrected chi connectivity index (χ4v) is 6.52. The summed E-state index contributed by atoms with van der Waals surface area (Å²) in [6.07, 6.45) is 0. The van der Waals surface area contributed by atoms with E-state index in [4.69, 9.17) is 31.0 Å². The number of hydrogen-bond donors (Lipinski definition) is 0. The summed E-state index contributed by atoms with van der Waals surface area (Å²) in [4.78, 5) is 15.3. The van der Waals surface area contributed by atoms with Gasteiger partial charge in [-0.15, -0.1) is 0 Å². The fourth-order valence-electron chi connectivity index (χ4n) is 6.35. The van der Waals surface area contributed by atoms with Crippen molar-refractivity contribution in [3.63, 3.8) is 0 Å². The van der Waals surface area contributed by atoms with E-state index in [0.29, 0.717) is 22.5 Å². The Kier molecular flexibility index (Phi) is 6.15. The molecule has 0 atom stereocenters. The van der Waals surface area contributed by atoms with Gasteiger partial charge in [0.15, 0.2) is 17.5 Å². The SMILES string of the molecule is Clc1ccc2ccc3oc4ccc(-c5nc(-c6cccc(-c7ccccc7)c6)nc(-c6cccc7ccccc67)n5)cc4c3c2c1. The smallest absolute Gasteiger partial charge is 0.164 e. The Morgan fingerprint density at radius 3 is 1.96 bits per heavy atom. The number of halogens is 1. The topological polar surface area (TPSA) is 51.8 Å². The van der Waals surface area contributed by atoms with Crippen molar-refractivity contribution < 1.29 is 4.42 Å². The molecule has 0 fully saturated rings. The van der Waals surface area contributed by atoms with Crippen molar-refractivity contribution >= 4 is 55.1 Å². The highest BCUT2D eigenvalue weighted by Crippen LogP contribution is 2.38. The molecule has 9 rings (SSSR count). The van der Waals surface area contributed by atoms with Crippen molar-refractivity contribution in [2.45, 2.75) is 0 Å². The molecule has 0 unspecified atom stereocenters. The quantitative estimate of drug-likeness (QED) is 0.199. The first-order valence-electron chi connectivity index (χ1n) is 15.1. The van der Waals surface area contributed by atoms with Crippen LogP contribution in [0.4, 0.5) is 0 Å². The van der Waals surface area contributed by atoms with E-state index >= 15 is 0 Å². The molecule has 2 aromatic heterocycles. The first kappa shape index (κ1) is 26.6. The Labute approximate surface area is 269 Å². The summed E-state index contributed by atoms with van der Waals surface area (Å²) in [7, 11) is 0. The van der Waals surface area contributed by atoms with Crippen LogP contribution in [-0.2, 0) is 0 Å². The molecule has 4 nitrogen and oxygen atoms in total. The first-order valence-corrected chi connectivity index (χ1v) is 15.5. The van der Waals surface area contributed by atoms with Crippen LogP contribution in [0.15, 0.2) is 150 Å². The van der Waals surface area contributed by atoms with Crippen LogP contribution >= 0.6 is 11.6 Å². The Morgan fingerprint density at radius 2 is 1.07 bits per heavy atom. The first-order chi connectivity index (χ1) is 22.7. The van der Waals surface area contributed by atoms with Crippen LogP contribution in [0.2, 0.25) is 5.02 Å². The molecule has 0 aliphatic rings. The van der Waals surface area contributed by atoms with Crippen LogP contribution in [0, 0.1) is 0 Å². The summed E-state index contributed by atoms with van der Waals surface area (Å²) in [6, 6.07) is 49.5. The average molecular weight is 610 g/mol. The maximum absolute atomic E-state index is 6.45. The molecule has 0 aliphatic heterocycles. The normalized spacial score (nSPS) is 11.6. The number of rotatable bonds is 4. The lowest BCUT2D eigenvalue weighted by molar-refractivity contribution is 0.669. The number of aromatic nitrogens is 3. The van der Waals surface area contributed by atoms with Crippen molar-refractivity contribution in [3.8, 4) is 45.3 Å². The van der Waals surface area contributed by atoms with E-state index in [-0.39, 0.29) is 0 Å². The zero-order valence-electron chi connectivity index (χ0n) is 24.5. The maximum atomic E-state index is 6.45. The van der Waals surface area contributed by atoms with Crippen LogP contribution in [0.5, 0.6) is 0 Å². The predicted molar refractivity (Wildman–Crippen MR) is 189 cm³/mol. The van der Waals surface area contributed by atoms with Crippen LogP contribution in [0.3, 0.4) is 0 Å². The summed E-state index contributed by atoms with van der Waals surface area (Å²) in [5.74, 6) is 1.82. The Bertz CT molecular complexity index is 2600. The zero-order valence-corrected chi connectivity index (χ0v) is 25.2. The fraction of sp³-hybridized carbons (Fsp3) is 0. The molecule has 0 N–H and O–H groups in total. The highest BCUT2D eigenvalue weighted by Gasteiger charge is 2.17. The minimum atomic E-state index is 0.590. The Balaban J connectivity index is 1.28. The molecular formula is C41H24ClN3O. The highest BCUT2D eigenvalue weighted by atomic mass is 35.5. The summed E-state index contributed by atoms with van der Waals surface area (Å²) >= 11 is 6.45. The molecule has 46 heavy (non-hydrogen) atoms. The van der Waals surface area contributed by atoms with E-state index in [1.807, 2.05) is 54.6 Å². The molecule has 0 amide bonds. The van der Waals surface area contributed by atoms with Gasteiger partial charge < -0.3 is 4.42 Å². The molecule has 7 aromatic carbocycles. The Hall–Kier alpha value is -5.84. The number of nitrogens with zero attached hydrogens (tertiary/aromatic N) is 3. The molecule has 0 saturated heterocycles. The van der Waals surface area contributed by atoms with Gasteiger partial charge in [-0.25, -0.2) is 15.0 Å². The van der Waals surface area contributed by atoms with Crippen LogP contribution < -0.4 is 0 Å². The standard InChI is InChI=1S/C41H24ClN3O/c42-31-19-16-27-17-21-37-38(34(27)24-31)35-23-30(18-20-36(35)46-37)40-43-39(29-13-6-12-28(22-29)25-8-2-1-3-9-25)44-41(45-40)33-15-7-11-26-10-4-5-14-32(26)33/h1-24H. The van der Waals surface area contributed by atoms with E-state index in [2.05, 4.69) is 91.0 Å². The maximum Gasteiger partial charge on any atom is 0.164 e. The largest absolute Gasteiger partial charge is 0.456 e. The molecule has 2 heterocycles. The van der Waals surface area contributed by atoms with Crippen molar-refractivity contribution in [2.24, 2.45) is 0 Å². The monoisotopic (exact) mass is 609 g/mol. The van der Waals surface area contributed by atoms with E-state index in [9.17, 15) is 0 Å². The minimum Gasteiger partial charge on any atom is -0.456 e. The lowest BCUT2D eigenvalue weighted by Gasteiger charge is -2.11. The molecule has 216 valence electrons. The molecule has 0 radical (unpaired) electrons. The van der Waals surface area contributed by atoms with Gasteiger partial charge in [-0.1, -0.05) is 115 Å². The van der Waals surface area contributed by atoms with Crippen molar-refractivity contribution in [2.75, 3.05) is 0 Å². The number of hydrogen-bond acceptors (Lipinski definition) is 4. The van der Waals surface area contributed by atoms with Gasteiger partial charge >= 0.3 is 0 Å². The van der Waals surface area contributed by atoms with Crippen molar-refractivity contribution in [3.05, 3.63) is 151 Å². The molecule has 0 spiro atoms. The zero-order chi connectivity index (χ0) is 30.6. The third-order valence-corrected chi connectivity index (χ3v) is 8.80. The Morgan fingerprint density at radius 1 is 0.413 bits per heavy atom. The third-order valence-electron chi connectivity index (χ3n) is 8.57. The van der Waals surface area contributed by atoms with Crippen LogP contribution in [-0.4, -0.2) is 15.0 Å². The van der Waals surface area contributed by atoms with E-state index < -0.39 is 0 Å². The predicted octanol–water partition coefficient (Wildman–Crippen LogP) is 11.4. The van der Waals surface area contributed by atoms with Gasteiger partial charge in [-0.3, -0.25) is 0 Å². The van der Waals surface area contributed by atoms with Crippen molar-refractivity contribution in [1.82, 2.24) is 15.0 Å². The second kappa shape index (κ2) is 10.7. The van der Waals surface area contributed by atoms with Gasteiger partial charge in [0.25, 0.3) is 0 Å². The molecule has 5 heteroatoms. The minimum absolute atomic E-state index is 0.590. The molecule has 0 saturated carbocycles. The molecular weight excluding hydrogens is 586 g/mol. The van der Waals surface area contributed by atoms with Crippen molar-refractivity contribution in [1.29, 1.82) is 0 Å². The summed E-state index contributed by atoms with van der Waals surface area (Å²) < 4.78 is 6.28. The molecule has 9 aromatic rings. The van der Waals surface area contributed by atoms with Gasteiger partial charge in [-0.05, 0) is 75.1 Å². The van der Waals surface area contributed by atoms with E-state index in [0.717, 1.165) is 71.3 Å². The summed E-state index contributed by atoms with van der Waals surface area (Å²) in [5.41, 5.74) is 6.59. The number of fused-ring (bicyclic) bond motifs is 6. The van der Waals surface area contributed by atoms with E-state index in [1.54, 1.807) is 0 Å². The highest BCUT2D eigenvalue weighted by molar-refractivity contribution is 6.32. The van der Waals surface area contributed by atoms with Gasteiger partial charge in [-0.2, -0.15) is 0 Å². The second-order valence-electron chi connectivity index (χ2n) is 11.4. The van der Waals surface area contributed by atoms with Crippen LogP contribution in [0.25, 0.3) is 88.8 Å². The second-order valence-corrected chi connectivity index (χ2v) is 11.8. The van der Waals surface area contributed by atoms with Crippen LogP contribution in [0.1, 0.15) is 0 Å². The molecule has 0 aliphatic carbocycles. The van der Waals surface area contributed by atoms with Gasteiger partial charge in [0.2, 0.25) is 0 Å².